The first-order valence-electron chi connectivity index (χ1n) is 11.4. The van der Waals surface area contributed by atoms with Crippen molar-refractivity contribution in [1.82, 2.24) is 0 Å². The summed E-state index contributed by atoms with van der Waals surface area (Å²) >= 11 is 0. The van der Waals surface area contributed by atoms with E-state index in [4.69, 9.17) is 13.9 Å². The van der Waals surface area contributed by atoms with Gasteiger partial charge < -0.3 is 13.9 Å². The third-order valence-electron chi connectivity index (χ3n) is 6.59. The van der Waals surface area contributed by atoms with Gasteiger partial charge in [-0.2, -0.15) is 0 Å². The van der Waals surface area contributed by atoms with Gasteiger partial charge in [0.25, 0.3) is 0 Å². The van der Waals surface area contributed by atoms with Crippen molar-refractivity contribution in [2.75, 3.05) is 14.2 Å². The van der Waals surface area contributed by atoms with E-state index in [1.807, 2.05) is 73.7 Å². The predicted octanol–water partition coefficient (Wildman–Crippen LogP) is 5.24. The van der Waals surface area contributed by atoms with Crippen molar-refractivity contribution in [3.63, 3.8) is 0 Å². The van der Waals surface area contributed by atoms with Crippen molar-refractivity contribution >= 4 is 22.9 Å². The number of hydrogen-bond acceptors (Lipinski definition) is 5. The molecule has 4 aromatic rings. The number of esters is 2. The monoisotopic (exact) mass is 464 g/mol. The topological polar surface area (TPSA) is 65.7 Å². The smallest absolute Gasteiger partial charge is 0.323 e. The third-order valence-corrected chi connectivity index (χ3v) is 6.59. The van der Waals surface area contributed by atoms with Crippen LogP contribution in [0.5, 0.6) is 0 Å². The van der Waals surface area contributed by atoms with Crippen LogP contribution < -0.4 is 0 Å². The molecule has 0 saturated carbocycles. The van der Waals surface area contributed by atoms with Gasteiger partial charge in [-0.3, -0.25) is 9.59 Å². The maximum atomic E-state index is 13.0. The Labute approximate surface area is 203 Å². The SMILES string of the molecule is COC(=O)C1(C(=O)OC)Cc2c(C#Cc3ccccc3)c(-c3ccccc3)c3cc(C)oc3c2C1. The Kier molecular flexibility index (Phi) is 5.66. The molecule has 0 amide bonds. The number of carbonyl (C=O) groups excluding carboxylic acids is 2. The highest BCUT2D eigenvalue weighted by Gasteiger charge is 2.54. The number of fused-ring (bicyclic) bond motifs is 3. The molecule has 0 unspecified atom stereocenters. The number of ether oxygens (including phenoxy) is 2. The van der Waals surface area contributed by atoms with Gasteiger partial charge in [-0.1, -0.05) is 60.4 Å². The first kappa shape index (κ1) is 22.5. The molecule has 5 nitrogen and oxygen atoms in total. The molecule has 1 aliphatic carbocycles. The van der Waals surface area contributed by atoms with E-state index in [0.29, 0.717) is 5.58 Å². The van der Waals surface area contributed by atoms with Crippen molar-refractivity contribution in [2.24, 2.45) is 5.41 Å². The Morgan fingerprint density at radius 2 is 1.46 bits per heavy atom. The molecule has 5 heteroatoms. The highest BCUT2D eigenvalue weighted by molar-refractivity contribution is 6.06. The van der Waals surface area contributed by atoms with Crippen molar-refractivity contribution < 1.29 is 23.5 Å². The molecular weight excluding hydrogens is 440 g/mol. The Morgan fingerprint density at radius 1 is 0.857 bits per heavy atom. The number of aryl methyl sites for hydroxylation is 1. The van der Waals surface area contributed by atoms with Crippen molar-refractivity contribution in [1.29, 1.82) is 0 Å². The average Bonchev–Trinajstić information content (AvgIpc) is 3.48. The number of methoxy groups -OCH3 is 2. The first-order chi connectivity index (χ1) is 17.0. The van der Waals surface area contributed by atoms with E-state index in [9.17, 15) is 9.59 Å². The summed E-state index contributed by atoms with van der Waals surface area (Å²) in [4.78, 5) is 26.0. The minimum Gasteiger partial charge on any atom is -0.468 e. The Morgan fingerprint density at radius 3 is 2.09 bits per heavy atom. The Balaban J connectivity index is 1.85. The minimum absolute atomic E-state index is 0.121. The van der Waals surface area contributed by atoms with Gasteiger partial charge in [0.15, 0.2) is 5.41 Å². The lowest BCUT2D eigenvalue weighted by atomic mass is 9.84. The van der Waals surface area contributed by atoms with Gasteiger partial charge in [-0.05, 0) is 36.2 Å². The summed E-state index contributed by atoms with van der Waals surface area (Å²) in [6.45, 7) is 1.89. The van der Waals surface area contributed by atoms with Gasteiger partial charge in [-0.25, -0.2) is 0 Å². The minimum atomic E-state index is -1.49. The molecule has 0 atom stereocenters. The second-order valence-corrected chi connectivity index (χ2v) is 8.71. The van der Waals surface area contributed by atoms with Crippen molar-refractivity contribution in [3.8, 4) is 23.0 Å². The van der Waals surface area contributed by atoms with Gasteiger partial charge in [-0.15, -0.1) is 0 Å². The van der Waals surface area contributed by atoms with Crippen LogP contribution in [0.15, 0.2) is 71.1 Å². The lowest BCUT2D eigenvalue weighted by Gasteiger charge is -2.22. The Bertz CT molecular complexity index is 1480. The molecule has 5 rings (SSSR count). The lowest BCUT2D eigenvalue weighted by molar-refractivity contribution is -0.168. The van der Waals surface area contributed by atoms with Crippen LogP contribution in [-0.4, -0.2) is 26.2 Å². The number of carbonyl (C=O) groups is 2. The second kappa shape index (κ2) is 8.81. The standard InChI is InChI=1S/C30H24O5/c1-19-16-23-26(21-12-8-5-9-13-21)22(15-14-20-10-6-4-7-11-20)24-17-30(28(31)33-2,29(32)34-3)18-25(24)27(23)35-19/h4-13,16H,17-18H2,1-3H3. The van der Waals surface area contributed by atoms with E-state index in [1.165, 1.54) is 14.2 Å². The van der Waals surface area contributed by atoms with Crippen LogP contribution in [0, 0.1) is 24.2 Å². The molecule has 3 aromatic carbocycles. The molecule has 0 N–H and O–H groups in total. The maximum absolute atomic E-state index is 13.0. The lowest BCUT2D eigenvalue weighted by Crippen LogP contribution is -2.42. The molecule has 0 bridgehead atoms. The van der Waals surface area contributed by atoms with E-state index in [-0.39, 0.29) is 12.8 Å². The maximum Gasteiger partial charge on any atom is 0.323 e. The van der Waals surface area contributed by atoms with Crippen LogP contribution in [0.3, 0.4) is 0 Å². The molecule has 1 aromatic heterocycles. The number of benzene rings is 3. The van der Waals surface area contributed by atoms with E-state index >= 15 is 0 Å². The van der Waals surface area contributed by atoms with Crippen LogP contribution in [0.1, 0.15) is 28.0 Å². The molecule has 0 aliphatic heterocycles. The van der Waals surface area contributed by atoms with E-state index < -0.39 is 17.4 Å². The normalized spacial score (nSPS) is 13.6. The van der Waals surface area contributed by atoms with Crippen LogP contribution in [0.2, 0.25) is 0 Å². The zero-order valence-electron chi connectivity index (χ0n) is 19.8. The van der Waals surface area contributed by atoms with Gasteiger partial charge in [0.1, 0.15) is 11.3 Å². The Hall–Kier alpha value is -4.30. The molecule has 1 aliphatic rings. The number of furan rings is 1. The summed E-state index contributed by atoms with van der Waals surface area (Å²) < 4.78 is 16.3. The summed E-state index contributed by atoms with van der Waals surface area (Å²) in [7, 11) is 2.57. The van der Waals surface area contributed by atoms with Crippen LogP contribution in [-0.2, 0) is 31.9 Å². The number of rotatable bonds is 3. The molecule has 0 saturated heterocycles. The van der Waals surface area contributed by atoms with E-state index in [2.05, 4.69) is 11.8 Å². The summed E-state index contributed by atoms with van der Waals surface area (Å²) in [5.74, 6) is 6.15. The van der Waals surface area contributed by atoms with E-state index in [1.54, 1.807) is 0 Å². The molecule has 35 heavy (non-hydrogen) atoms. The van der Waals surface area contributed by atoms with Crippen molar-refractivity contribution in [3.05, 3.63) is 94.7 Å². The summed E-state index contributed by atoms with van der Waals surface area (Å²) in [6, 6.07) is 21.7. The van der Waals surface area contributed by atoms with E-state index in [0.717, 1.165) is 44.5 Å². The van der Waals surface area contributed by atoms with Gasteiger partial charge >= 0.3 is 11.9 Å². The van der Waals surface area contributed by atoms with Gasteiger partial charge in [0, 0.05) is 40.5 Å². The van der Waals surface area contributed by atoms with Crippen molar-refractivity contribution in [2.45, 2.75) is 19.8 Å². The largest absolute Gasteiger partial charge is 0.468 e. The van der Waals surface area contributed by atoms with Crippen LogP contribution >= 0.6 is 0 Å². The molecule has 0 spiro atoms. The van der Waals surface area contributed by atoms with Gasteiger partial charge in [0.05, 0.1) is 14.2 Å². The quantitative estimate of drug-likeness (QED) is 0.236. The molecule has 1 heterocycles. The fourth-order valence-electron chi connectivity index (χ4n) is 5.01. The van der Waals surface area contributed by atoms with Crippen LogP contribution in [0.25, 0.3) is 22.1 Å². The average molecular weight is 465 g/mol. The zero-order valence-corrected chi connectivity index (χ0v) is 19.8. The fourth-order valence-corrected chi connectivity index (χ4v) is 5.01. The summed E-state index contributed by atoms with van der Waals surface area (Å²) in [5.41, 5.74) is 4.32. The van der Waals surface area contributed by atoms with Crippen LogP contribution in [0.4, 0.5) is 0 Å². The second-order valence-electron chi connectivity index (χ2n) is 8.71. The number of hydrogen-bond donors (Lipinski definition) is 0. The first-order valence-corrected chi connectivity index (χ1v) is 11.4. The zero-order chi connectivity index (χ0) is 24.6. The highest BCUT2D eigenvalue weighted by atomic mass is 16.5. The summed E-state index contributed by atoms with van der Waals surface area (Å²) in [6.07, 6.45) is 0.246. The summed E-state index contributed by atoms with van der Waals surface area (Å²) in [5, 5.41) is 0.898. The fraction of sp³-hybridized carbons (Fsp3) is 0.200. The molecular formula is C30H24O5. The highest BCUT2D eigenvalue weighted by Crippen LogP contribution is 2.48. The predicted molar refractivity (Wildman–Crippen MR) is 133 cm³/mol. The third kappa shape index (κ3) is 3.68. The molecule has 0 radical (unpaired) electrons. The molecule has 0 fully saturated rings. The van der Waals surface area contributed by atoms with Gasteiger partial charge in [0.2, 0.25) is 0 Å². The molecule has 174 valence electrons.